The van der Waals surface area contributed by atoms with Crippen LogP contribution >= 0.6 is 0 Å². The number of ether oxygens (including phenoxy) is 9. The summed E-state index contributed by atoms with van der Waals surface area (Å²) in [5.74, 6) is -7.63. The molecular weight excluding hydrogens is 1080 g/mol. The van der Waals surface area contributed by atoms with E-state index in [9.17, 15) is 39.3 Å². The zero-order chi connectivity index (χ0) is 61.5. The molecule has 16 atom stereocenters. The van der Waals surface area contributed by atoms with E-state index in [0.717, 1.165) is 12.1 Å². The number of aliphatic hydroxyl groups is 3. The predicted molar refractivity (Wildman–Crippen MR) is 317 cm³/mol. The molecule has 1 aliphatic carbocycles. The molecule has 84 heavy (non-hydrogen) atoms. The van der Waals surface area contributed by atoms with E-state index in [1.807, 2.05) is 65.0 Å². The van der Waals surface area contributed by atoms with Crippen molar-refractivity contribution in [3.05, 3.63) is 47.6 Å². The number of cyclic esters (lactones) is 1. The number of Topliss-reactive ketones (excluding diaryl/α,β-unsaturated/α-hetero) is 2. The van der Waals surface area contributed by atoms with Gasteiger partial charge in [-0.25, -0.2) is 9.59 Å². The zero-order valence-corrected chi connectivity index (χ0v) is 52.5. The lowest BCUT2D eigenvalue weighted by Gasteiger charge is -2.43. The standard InChI is InChI=1S/C64H105N3O17/c1-12-79-32-33-81-35-34-80-31-30-65-26-28-66(29-27-65)63(74)83-53-24-22-49(39-56(53)77-10)38-45(5)55-41-52(68)44(4)37-47(7)58(70)59(78-11)57(69)46(6)36-42(2)18-14-13-15-19-43(3)54(76-9)40-50-23-21-48(8)64(75,84-50)60(71)61(72)67-25-17-16-20-51(67)62(73)82-55/h13-15,18-19,37,42,44-46,48-56,58-59,68,70,75H,12,16-17,20-36,38-41H2,1-11H3/b15-13+,18-14+,43-19+,47-37+/t42-,44-,45-,46-,48-,49+,50+,51+,52-,53-,54+,55+,56-,58-,59+,64-/m1/s1. The van der Waals surface area contributed by atoms with Crippen molar-refractivity contribution in [3.8, 4) is 0 Å². The van der Waals surface area contributed by atoms with Crippen molar-refractivity contribution in [1.82, 2.24) is 14.7 Å². The molecule has 1 saturated carbocycles. The quantitative estimate of drug-likeness (QED) is 0.0587. The van der Waals surface area contributed by atoms with Crippen molar-refractivity contribution in [1.29, 1.82) is 0 Å². The highest BCUT2D eigenvalue weighted by molar-refractivity contribution is 6.39. The van der Waals surface area contributed by atoms with Gasteiger partial charge in [0.1, 0.15) is 30.5 Å². The van der Waals surface area contributed by atoms with Crippen LogP contribution in [0.15, 0.2) is 47.6 Å². The van der Waals surface area contributed by atoms with Gasteiger partial charge in [-0.3, -0.25) is 19.3 Å². The second-order valence-electron chi connectivity index (χ2n) is 24.4. The Morgan fingerprint density at radius 1 is 0.762 bits per heavy atom. The number of ketones is 2. The Kier molecular flexibility index (Phi) is 30.2. The SMILES string of the molecule is CCOCCOCCOCCN1CCN(C(=O)O[C@@H]2CC[C@@H](C[C@@H](C)[C@@H]3C[C@@H](O)[C@H](C)/C=C(\C)[C@@H](O)[C@@H](OC)C(=O)[C@H](C)C[C@H](C)/C=C/C=C/C=C(\C)[C@@H](OC)C[C@@H]4CC[C@@H](C)[C@@](O)(O4)C(=O)C(=O)N4CCCC[C@H]4C(=O)O3)C[C@H]2OC)CC1. The first-order chi connectivity index (χ1) is 40.1. The van der Waals surface area contributed by atoms with Crippen LogP contribution in [0.4, 0.5) is 4.79 Å². The third-order valence-corrected chi connectivity index (χ3v) is 18.0. The number of piperidine rings is 1. The number of nitrogens with zero attached hydrogens (tertiary/aromatic N) is 3. The van der Waals surface area contributed by atoms with Crippen molar-refractivity contribution < 1.29 is 81.9 Å². The summed E-state index contributed by atoms with van der Waals surface area (Å²) in [7, 11) is 4.59. The third kappa shape index (κ3) is 20.9. The maximum Gasteiger partial charge on any atom is 0.410 e. The molecule has 5 aliphatic rings. The first-order valence-corrected chi connectivity index (χ1v) is 31.2. The Balaban J connectivity index is 1.32. The van der Waals surface area contributed by atoms with E-state index < -0.39 is 96.1 Å². The van der Waals surface area contributed by atoms with Crippen LogP contribution in [0.1, 0.15) is 132 Å². The van der Waals surface area contributed by atoms with Crippen LogP contribution in [0.3, 0.4) is 0 Å². The van der Waals surface area contributed by atoms with E-state index in [2.05, 4.69) is 4.90 Å². The Hall–Kier alpha value is -3.93. The first-order valence-electron chi connectivity index (χ1n) is 31.2. The van der Waals surface area contributed by atoms with Crippen molar-refractivity contribution in [2.24, 2.45) is 35.5 Å². The van der Waals surface area contributed by atoms with Crippen LogP contribution in [-0.4, -0.2) is 220 Å². The average molecular weight is 1190 g/mol. The number of esters is 1. The molecule has 0 unspecified atom stereocenters. The van der Waals surface area contributed by atoms with Gasteiger partial charge in [0.05, 0.1) is 57.5 Å². The fourth-order valence-corrected chi connectivity index (χ4v) is 12.5. The lowest BCUT2D eigenvalue weighted by Crippen LogP contribution is -2.61. The molecule has 0 spiro atoms. The fourth-order valence-electron chi connectivity index (χ4n) is 12.5. The highest BCUT2D eigenvalue weighted by Crippen LogP contribution is 2.38. The van der Waals surface area contributed by atoms with Gasteiger partial charge in [0.25, 0.3) is 11.7 Å². The lowest BCUT2D eigenvalue weighted by atomic mass is 9.78. The van der Waals surface area contributed by atoms with Gasteiger partial charge in [-0.15, -0.1) is 0 Å². The Labute approximate surface area is 500 Å². The van der Waals surface area contributed by atoms with Gasteiger partial charge in [-0.1, -0.05) is 71.1 Å². The van der Waals surface area contributed by atoms with Gasteiger partial charge in [0.2, 0.25) is 5.79 Å². The van der Waals surface area contributed by atoms with Gasteiger partial charge < -0.3 is 67.8 Å². The van der Waals surface area contributed by atoms with Gasteiger partial charge >= 0.3 is 12.1 Å². The average Bonchev–Trinajstić information content (AvgIpc) is 1.56. The highest BCUT2D eigenvalue weighted by Gasteiger charge is 2.53. The van der Waals surface area contributed by atoms with E-state index in [0.29, 0.717) is 136 Å². The minimum atomic E-state index is -2.45. The number of rotatable bonds is 17. The Morgan fingerprint density at radius 2 is 1.46 bits per heavy atom. The van der Waals surface area contributed by atoms with Crippen LogP contribution in [0.2, 0.25) is 0 Å². The smallest absolute Gasteiger partial charge is 0.410 e. The second-order valence-corrected chi connectivity index (χ2v) is 24.4. The van der Waals surface area contributed by atoms with Crippen LogP contribution < -0.4 is 0 Å². The van der Waals surface area contributed by atoms with Gasteiger partial charge in [-0.05, 0) is 114 Å². The summed E-state index contributed by atoms with van der Waals surface area (Å²) in [5.41, 5.74) is 1.31. The van der Waals surface area contributed by atoms with E-state index in [4.69, 9.17) is 42.6 Å². The molecule has 4 fully saturated rings. The highest BCUT2D eigenvalue weighted by atomic mass is 16.6. The molecule has 4 aliphatic heterocycles. The molecule has 2 bridgehead atoms. The number of carbonyl (C=O) groups excluding carboxylic acids is 5. The van der Waals surface area contributed by atoms with E-state index in [1.54, 1.807) is 46.0 Å². The number of carbonyl (C=O) groups is 5. The molecule has 3 N–H and O–H groups in total. The molecule has 0 aromatic heterocycles. The van der Waals surface area contributed by atoms with Gasteiger partial charge in [-0.2, -0.15) is 0 Å². The van der Waals surface area contributed by atoms with Crippen LogP contribution in [0, 0.1) is 35.5 Å². The van der Waals surface area contributed by atoms with E-state index in [1.165, 1.54) is 12.0 Å². The van der Waals surface area contributed by atoms with Crippen LogP contribution in [0.5, 0.6) is 0 Å². The van der Waals surface area contributed by atoms with Crippen molar-refractivity contribution in [2.45, 2.75) is 193 Å². The molecule has 0 radical (unpaired) electrons. The maximum absolute atomic E-state index is 14.7. The molecule has 20 nitrogen and oxygen atoms in total. The molecule has 2 amide bonds. The molecule has 478 valence electrons. The Morgan fingerprint density at radius 3 is 2.14 bits per heavy atom. The fraction of sp³-hybridized carbons (Fsp3) is 0.797. The van der Waals surface area contributed by atoms with Crippen molar-refractivity contribution >= 4 is 29.5 Å². The minimum absolute atomic E-state index is 0.0108. The molecule has 3 saturated heterocycles. The lowest BCUT2D eigenvalue weighted by molar-refractivity contribution is -0.265. The van der Waals surface area contributed by atoms with Crippen LogP contribution in [-0.2, 0) is 61.8 Å². The maximum atomic E-state index is 14.7. The summed E-state index contributed by atoms with van der Waals surface area (Å²) < 4.78 is 52.9. The van der Waals surface area contributed by atoms with E-state index >= 15 is 0 Å². The molecule has 0 aromatic carbocycles. The summed E-state index contributed by atoms with van der Waals surface area (Å²) in [4.78, 5) is 76.3. The predicted octanol–water partition coefficient (Wildman–Crippen LogP) is 6.80. The third-order valence-electron chi connectivity index (χ3n) is 18.0. The first kappa shape index (κ1) is 70.8. The number of aliphatic hydroxyl groups excluding tert-OH is 2. The number of allylic oxidation sites excluding steroid dienone is 5. The molecule has 4 heterocycles. The minimum Gasteiger partial charge on any atom is -0.460 e. The van der Waals surface area contributed by atoms with Crippen molar-refractivity contribution in [2.75, 3.05) is 100 Å². The molecule has 0 aromatic rings. The summed E-state index contributed by atoms with van der Waals surface area (Å²) in [6, 6.07) is -1.15. The van der Waals surface area contributed by atoms with Gasteiger partial charge in [0, 0.05) is 97.8 Å². The topological polar surface area (TPSA) is 239 Å². The van der Waals surface area contributed by atoms with E-state index in [-0.39, 0.29) is 49.0 Å². The Bertz CT molecular complexity index is 2180. The zero-order valence-electron chi connectivity index (χ0n) is 52.5. The number of amides is 2. The normalized spacial score (nSPS) is 36.1. The summed E-state index contributed by atoms with van der Waals surface area (Å²) in [6.45, 7) is 21.5. The number of methoxy groups -OCH3 is 3. The number of piperazine rings is 1. The largest absolute Gasteiger partial charge is 0.460 e. The molecular formula is C64H105N3O17. The van der Waals surface area contributed by atoms with Gasteiger partial charge in [0.15, 0.2) is 5.78 Å². The monoisotopic (exact) mass is 1190 g/mol. The summed E-state index contributed by atoms with van der Waals surface area (Å²) >= 11 is 0. The number of hydrogen-bond donors (Lipinski definition) is 3. The second kappa shape index (κ2) is 35.8. The van der Waals surface area contributed by atoms with Crippen molar-refractivity contribution in [3.63, 3.8) is 0 Å². The van der Waals surface area contributed by atoms with Crippen LogP contribution in [0.25, 0.3) is 0 Å². The number of fused-ring (bicyclic) bond motifs is 3. The number of hydrogen-bond acceptors (Lipinski definition) is 18. The summed E-state index contributed by atoms with van der Waals surface area (Å²) in [5, 5.41) is 35.8. The molecule has 5 rings (SSSR count). The molecule has 20 heteroatoms. The summed E-state index contributed by atoms with van der Waals surface area (Å²) in [6.07, 6.45) is 9.95.